The van der Waals surface area contributed by atoms with Gasteiger partial charge >= 0.3 is 6.18 Å². The monoisotopic (exact) mass is 582 g/mol. The molecular formula is C24H26F4N8O3S. The second kappa shape index (κ2) is 8.95. The summed E-state index contributed by atoms with van der Waals surface area (Å²) in [6.07, 6.45) is -3.91. The maximum absolute atomic E-state index is 15.1. The zero-order chi connectivity index (χ0) is 29.4. The largest absolute Gasteiger partial charge is 0.419 e. The van der Waals surface area contributed by atoms with Crippen LogP contribution in [-0.2, 0) is 26.2 Å². The number of sulfone groups is 1. The number of rotatable bonds is 3. The standard InChI is InChI=1S/C24H26F4N8O3S/c1-13-10-35(21(37)23(25)5-6-40(23,38)39)14(2)9-34(13)19-18-20(31-12-30-19)36(11-22(18,3)4)17-7-15(24(26,27)28)16(8-29)32-33-17/h7,12-14H,5-6,9-11H2,1-4H3/t13-,14+,23+/m0/s1. The Bertz CT molecular complexity index is 1540. The highest BCUT2D eigenvalue weighted by atomic mass is 32.2. The summed E-state index contributed by atoms with van der Waals surface area (Å²) in [6.45, 7) is 7.68. The number of piperazine rings is 1. The molecule has 2 aromatic rings. The molecule has 16 heteroatoms. The van der Waals surface area contributed by atoms with E-state index in [1.807, 2.05) is 18.7 Å². The molecule has 3 aliphatic heterocycles. The van der Waals surface area contributed by atoms with Crippen LogP contribution in [-0.4, -0.2) is 81.9 Å². The third-order valence-electron chi connectivity index (χ3n) is 7.79. The molecule has 0 saturated carbocycles. The number of hydrogen-bond acceptors (Lipinski definition) is 10. The van der Waals surface area contributed by atoms with Crippen molar-refractivity contribution in [1.82, 2.24) is 25.1 Å². The molecule has 2 fully saturated rings. The molecule has 11 nitrogen and oxygen atoms in total. The van der Waals surface area contributed by atoms with Crippen molar-refractivity contribution in [3.8, 4) is 6.07 Å². The van der Waals surface area contributed by atoms with Crippen molar-refractivity contribution >= 4 is 33.2 Å². The van der Waals surface area contributed by atoms with E-state index in [1.165, 1.54) is 22.2 Å². The zero-order valence-corrected chi connectivity index (χ0v) is 22.9. The maximum atomic E-state index is 15.1. The number of aromatic nitrogens is 4. The Kier molecular flexibility index (Phi) is 6.25. The lowest BCUT2D eigenvalue weighted by atomic mass is 9.87. The van der Waals surface area contributed by atoms with Crippen LogP contribution in [0.5, 0.6) is 0 Å². The molecular weight excluding hydrogens is 556 g/mol. The first-order valence-electron chi connectivity index (χ1n) is 12.5. The lowest BCUT2D eigenvalue weighted by Gasteiger charge is -2.47. The summed E-state index contributed by atoms with van der Waals surface area (Å²) >= 11 is 0. The maximum Gasteiger partial charge on any atom is 0.419 e. The van der Waals surface area contributed by atoms with Gasteiger partial charge in [-0.05, 0) is 19.9 Å². The first-order valence-corrected chi connectivity index (χ1v) is 14.1. The molecule has 0 N–H and O–H groups in total. The number of carbonyl (C=O) groups is 1. The number of nitriles is 1. The smallest absolute Gasteiger partial charge is 0.350 e. The van der Waals surface area contributed by atoms with Crippen molar-refractivity contribution in [1.29, 1.82) is 5.26 Å². The van der Waals surface area contributed by atoms with E-state index in [0.717, 1.165) is 6.07 Å². The Morgan fingerprint density at radius 2 is 1.80 bits per heavy atom. The van der Waals surface area contributed by atoms with Crippen molar-refractivity contribution in [2.45, 2.75) is 62.8 Å². The van der Waals surface area contributed by atoms with Crippen LogP contribution >= 0.6 is 0 Å². The fourth-order valence-electron chi connectivity index (χ4n) is 5.55. The van der Waals surface area contributed by atoms with E-state index in [9.17, 15) is 26.4 Å². The highest BCUT2D eigenvalue weighted by molar-refractivity contribution is 7.94. The SMILES string of the molecule is C[C@@H]1CN(c2ncnc3c2C(C)(C)CN3c2cc(C(F)(F)F)c(C#N)nn2)[C@@H](C)CN1C(=O)[C@@]1(F)CCS1(=O)=O. The van der Waals surface area contributed by atoms with Gasteiger partial charge in [-0.3, -0.25) is 4.79 Å². The van der Waals surface area contributed by atoms with Crippen molar-refractivity contribution in [2.75, 3.05) is 35.2 Å². The average Bonchev–Trinajstić information content (AvgIpc) is 3.18. The predicted octanol–water partition coefficient (Wildman–Crippen LogP) is 2.50. The molecule has 0 aromatic carbocycles. The quantitative estimate of drug-likeness (QED) is 0.497. The Balaban J connectivity index is 1.49. The first kappa shape index (κ1) is 27.9. The lowest BCUT2D eigenvalue weighted by Crippen LogP contribution is -2.66. The van der Waals surface area contributed by atoms with E-state index in [4.69, 9.17) is 5.26 Å². The highest BCUT2D eigenvalue weighted by Gasteiger charge is 2.61. The number of fused-ring (bicyclic) bond motifs is 1. The highest BCUT2D eigenvalue weighted by Crippen LogP contribution is 2.48. The summed E-state index contributed by atoms with van der Waals surface area (Å²) < 4.78 is 80.0. The van der Waals surface area contributed by atoms with Crippen molar-refractivity contribution < 1.29 is 30.8 Å². The molecule has 5 heterocycles. The summed E-state index contributed by atoms with van der Waals surface area (Å²) in [7, 11) is -4.15. The molecule has 40 heavy (non-hydrogen) atoms. The fourth-order valence-corrected chi connectivity index (χ4v) is 6.83. The van der Waals surface area contributed by atoms with Crippen molar-refractivity contribution in [3.05, 3.63) is 29.2 Å². The fraction of sp³-hybridized carbons (Fsp3) is 0.583. The van der Waals surface area contributed by atoms with Crippen LogP contribution in [0.25, 0.3) is 0 Å². The Morgan fingerprint density at radius 3 is 2.38 bits per heavy atom. The minimum atomic E-state index is -4.82. The molecule has 2 aromatic heterocycles. The van der Waals surface area contributed by atoms with Crippen molar-refractivity contribution in [3.63, 3.8) is 0 Å². The average molecular weight is 583 g/mol. The summed E-state index contributed by atoms with van der Waals surface area (Å²) in [5.41, 5.74) is -2.07. The Hall–Kier alpha value is -3.61. The van der Waals surface area contributed by atoms with Crippen LogP contribution in [0.3, 0.4) is 0 Å². The number of amides is 1. The molecule has 0 spiro atoms. The number of anilines is 3. The van der Waals surface area contributed by atoms with Crippen LogP contribution in [0.2, 0.25) is 0 Å². The molecule has 3 atom stereocenters. The van der Waals surface area contributed by atoms with Gasteiger partial charge in [0.05, 0.1) is 11.3 Å². The number of hydrogen-bond donors (Lipinski definition) is 0. The minimum Gasteiger partial charge on any atom is -0.350 e. The molecule has 0 bridgehead atoms. The number of halogens is 4. The van der Waals surface area contributed by atoms with Crippen LogP contribution in [0.1, 0.15) is 50.9 Å². The molecule has 2 saturated heterocycles. The van der Waals surface area contributed by atoms with Gasteiger partial charge in [0.25, 0.3) is 10.9 Å². The summed E-state index contributed by atoms with van der Waals surface area (Å²) in [5, 5.41) is 13.5. The molecule has 0 unspecified atom stereocenters. The van der Waals surface area contributed by atoms with E-state index in [2.05, 4.69) is 20.2 Å². The van der Waals surface area contributed by atoms with Gasteiger partial charge < -0.3 is 14.7 Å². The van der Waals surface area contributed by atoms with Crippen LogP contribution in [0.4, 0.5) is 35.0 Å². The summed E-state index contributed by atoms with van der Waals surface area (Å²) in [4.78, 5) is 26.5. The van der Waals surface area contributed by atoms with E-state index in [1.54, 1.807) is 13.8 Å². The molecule has 5 rings (SSSR count). The molecule has 3 aliphatic rings. The van der Waals surface area contributed by atoms with Gasteiger partial charge in [-0.2, -0.15) is 18.4 Å². The molecule has 1 amide bonds. The number of carbonyl (C=O) groups excluding carboxylic acids is 1. The number of alkyl halides is 4. The van der Waals surface area contributed by atoms with Gasteiger partial charge in [0.2, 0.25) is 0 Å². The van der Waals surface area contributed by atoms with E-state index in [-0.39, 0.29) is 37.6 Å². The molecule has 0 aliphatic carbocycles. The molecule has 0 radical (unpaired) electrons. The van der Waals surface area contributed by atoms with Gasteiger partial charge in [0.1, 0.15) is 24.0 Å². The Morgan fingerprint density at radius 1 is 1.12 bits per heavy atom. The van der Waals surface area contributed by atoms with Crippen LogP contribution in [0, 0.1) is 11.3 Å². The van der Waals surface area contributed by atoms with E-state index in [0.29, 0.717) is 17.2 Å². The van der Waals surface area contributed by atoms with Gasteiger partial charge in [-0.25, -0.2) is 22.8 Å². The van der Waals surface area contributed by atoms with E-state index < -0.39 is 55.7 Å². The second-order valence-corrected chi connectivity index (χ2v) is 13.3. The van der Waals surface area contributed by atoms with Gasteiger partial charge in [-0.1, -0.05) is 13.8 Å². The van der Waals surface area contributed by atoms with Crippen LogP contribution < -0.4 is 9.80 Å². The van der Waals surface area contributed by atoms with E-state index >= 15 is 4.39 Å². The minimum absolute atomic E-state index is 0.0418. The topological polar surface area (TPSA) is 136 Å². The van der Waals surface area contributed by atoms with Crippen LogP contribution in [0.15, 0.2) is 12.4 Å². The lowest BCUT2D eigenvalue weighted by molar-refractivity contribution is -0.143. The van der Waals surface area contributed by atoms with Gasteiger partial charge in [0.15, 0.2) is 21.3 Å². The zero-order valence-electron chi connectivity index (χ0n) is 22.1. The first-order chi connectivity index (χ1) is 18.5. The van der Waals surface area contributed by atoms with Gasteiger partial charge in [0, 0.05) is 49.1 Å². The third-order valence-corrected chi connectivity index (χ3v) is 9.89. The summed E-state index contributed by atoms with van der Waals surface area (Å²) in [6, 6.07) is 1.23. The number of nitrogens with zero attached hydrogens (tertiary/aromatic N) is 8. The predicted molar refractivity (Wildman–Crippen MR) is 134 cm³/mol. The second-order valence-electron chi connectivity index (χ2n) is 11.0. The normalized spacial score (nSPS) is 27.1. The van der Waals surface area contributed by atoms with Crippen molar-refractivity contribution in [2.24, 2.45) is 0 Å². The molecule has 214 valence electrons. The summed E-state index contributed by atoms with van der Waals surface area (Å²) in [5.74, 6) is -0.741. The third kappa shape index (κ3) is 4.13. The van der Waals surface area contributed by atoms with Gasteiger partial charge in [-0.15, -0.1) is 10.2 Å². The Labute approximate surface area is 227 Å².